The molecule has 7 nitrogen and oxygen atoms in total. The summed E-state index contributed by atoms with van der Waals surface area (Å²) in [6.07, 6.45) is 0.303. The van der Waals surface area contributed by atoms with Crippen LogP contribution >= 0.6 is 0 Å². The highest BCUT2D eigenvalue weighted by Gasteiger charge is 2.66. The molecule has 0 spiro atoms. The summed E-state index contributed by atoms with van der Waals surface area (Å²) in [5, 5.41) is 19.1. The van der Waals surface area contributed by atoms with Crippen LogP contribution < -0.4 is 4.74 Å². The van der Waals surface area contributed by atoms with Gasteiger partial charge in [-0.25, -0.2) is 4.68 Å². The molecule has 0 bridgehead atoms. The molecule has 0 radical (unpaired) electrons. The molecule has 40 heavy (non-hydrogen) atoms. The number of ketones is 1. The van der Waals surface area contributed by atoms with Crippen molar-refractivity contribution < 1.29 is 32.5 Å². The molecule has 1 aromatic heterocycles. The third-order valence-corrected chi connectivity index (χ3v) is 11.8. The Hall–Kier alpha value is -2.20. The molecule has 0 unspecified atom stereocenters. The SMILES string of the molecule is COC[C@]12CC[C@](O)(C(F)(F)F)C[C@H]1CC[C@H]1[C@@H]3CC[C@H](C(=O)Cn4nnc5cc(OC)ccc54)[C@@]3(C)CC[C@@H]12. The summed E-state index contributed by atoms with van der Waals surface area (Å²) in [6.45, 7) is 2.88. The van der Waals surface area contributed by atoms with Crippen molar-refractivity contribution >= 4 is 16.8 Å². The minimum absolute atomic E-state index is 0.0753. The Morgan fingerprint density at radius 3 is 2.62 bits per heavy atom. The zero-order valence-electron chi connectivity index (χ0n) is 23.5. The van der Waals surface area contributed by atoms with E-state index >= 15 is 0 Å². The van der Waals surface area contributed by atoms with Gasteiger partial charge in [-0.1, -0.05) is 12.1 Å². The molecule has 8 atom stereocenters. The predicted octanol–water partition coefficient (Wildman–Crippen LogP) is 5.59. The first-order valence-electron chi connectivity index (χ1n) is 14.6. The maximum atomic E-state index is 13.8. The molecule has 4 fully saturated rings. The smallest absolute Gasteiger partial charge is 0.417 e. The molecule has 4 aliphatic carbocycles. The van der Waals surface area contributed by atoms with Crippen LogP contribution in [0.1, 0.15) is 64.7 Å². The fraction of sp³-hybridized carbons (Fsp3) is 0.767. The van der Waals surface area contributed by atoms with Gasteiger partial charge in [-0.15, -0.1) is 5.10 Å². The molecule has 220 valence electrons. The number of alkyl halides is 3. The van der Waals surface area contributed by atoms with E-state index in [1.54, 1.807) is 18.9 Å². The van der Waals surface area contributed by atoms with Crippen molar-refractivity contribution in [1.29, 1.82) is 0 Å². The van der Waals surface area contributed by atoms with Crippen LogP contribution in [0.15, 0.2) is 18.2 Å². The molecule has 4 saturated carbocycles. The number of hydrogen-bond donors (Lipinski definition) is 1. The predicted molar refractivity (Wildman–Crippen MR) is 142 cm³/mol. The number of halogens is 3. The molecule has 4 aliphatic rings. The molecule has 0 aliphatic heterocycles. The summed E-state index contributed by atoms with van der Waals surface area (Å²) in [6, 6.07) is 5.53. The van der Waals surface area contributed by atoms with Crippen LogP contribution in [-0.4, -0.2) is 58.5 Å². The van der Waals surface area contributed by atoms with E-state index in [0.717, 1.165) is 37.6 Å². The molecule has 0 amide bonds. The number of benzene rings is 1. The van der Waals surface area contributed by atoms with Crippen LogP contribution in [-0.2, 0) is 16.1 Å². The Labute approximate surface area is 232 Å². The molecule has 1 N–H and O–H groups in total. The van der Waals surface area contributed by atoms with Gasteiger partial charge in [0.25, 0.3) is 0 Å². The van der Waals surface area contributed by atoms with E-state index < -0.39 is 11.8 Å². The van der Waals surface area contributed by atoms with Gasteiger partial charge in [0.15, 0.2) is 11.4 Å². The van der Waals surface area contributed by atoms with E-state index in [4.69, 9.17) is 9.47 Å². The zero-order valence-corrected chi connectivity index (χ0v) is 23.5. The first kappa shape index (κ1) is 27.9. The summed E-state index contributed by atoms with van der Waals surface area (Å²) in [5.74, 6) is 1.56. The van der Waals surface area contributed by atoms with Gasteiger partial charge in [-0.05, 0) is 104 Å². The average Bonchev–Trinajstić information content (AvgIpc) is 3.48. The quantitative estimate of drug-likeness (QED) is 0.493. The molecule has 0 saturated heterocycles. The molecular weight excluding hydrogens is 523 g/mol. The lowest BCUT2D eigenvalue weighted by molar-refractivity contribution is -0.294. The van der Waals surface area contributed by atoms with Crippen molar-refractivity contribution in [1.82, 2.24) is 15.0 Å². The second-order valence-electron chi connectivity index (χ2n) is 13.3. The maximum absolute atomic E-state index is 13.8. The Morgan fingerprint density at radius 1 is 1.10 bits per heavy atom. The summed E-state index contributed by atoms with van der Waals surface area (Å²) in [7, 11) is 3.24. The average molecular weight is 564 g/mol. The lowest BCUT2D eigenvalue weighted by Gasteiger charge is -2.62. The third kappa shape index (κ3) is 4.10. The van der Waals surface area contributed by atoms with Crippen LogP contribution in [0, 0.1) is 40.4 Å². The normalized spacial score (nSPS) is 39.4. The summed E-state index contributed by atoms with van der Waals surface area (Å²) in [4.78, 5) is 13.8. The Bertz CT molecular complexity index is 1280. The summed E-state index contributed by atoms with van der Waals surface area (Å²) >= 11 is 0. The van der Waals surface area contributed by atoms with Crippen LogP contribution in [0.4, 0.5) is 13.2 Å². The van der Waals surface area contributed by atoms with Gasteiger partial charge in [-0.2, -0.15) is 13.2 Å². The first-order chi connectivity index (χ1) is 19.0. The van der Waals surface area contributed by atoms with Gasteiger partial charge < -0.3 is 14.6 Å². The Balaban J connectivity index is 1.22. The number of Topliss-reactive ketones (excluding diaryl/α,β-unsaturated/α-hetero) is 1. The standard InChI is InChI=1S/C30H40F3N3O4/c1-27-11-10-22-20(6-4-18-15-29(38,30(31,32)33)13-12-28(18,22)17-39-2)21(27)7-8-23(27)26(37)16-36-25-9-5-19(40-3)14-24(25)34-35-36/h5,9,14,18,20-23,38H,4,6-8,10-13,15-17H2,1-3H3/t18-,20+,21+,22+,23-,27+,28-,29-/m1/s1. The molecule has 1 aromatic carbocycles. The van der Waals surface area contributed by atoms with Crippen molar-refractivity contribution in [3.63, 3.8) is 0 Å². The van der Waals surface area contributed by atoms with Crippen molar-refractivity contribution in [3.05, 3.63) is 18.2 Å². The first-order valence-corrected chi connectivity index (χ1v) is 14.6. The highest BCUT2D eigenvalue weighted by molar-refractivity contribution is 5.84. The molecule has 6 rings (SSSR count). The number of methoxy groups -OCH3 is 2. The van der Waals surface area contributed by atoms with E-state index in [1.165, 1.54) is 0 Å². The zero-order chi connectivity index (χ0) is 28.5. The van der Waals surface area contributed by atoms with Gasteiger partial charge >= 0.3 is 6.18 Å². The number of carbonyl (C=O) groups is 1. The number of aromatic nitrogens is 3. The maximum Gasteiger partial charge on any atom is 0.417 e. The van der Waals surface area contributed by atoms with E-state index in [9.17, 15) is 23.1 Å². The molecular formula is C30H40F3N3O4. The molecule has 2 aromatic rings. The minimum Gasteiger partial charge on any atom is -0.497 e. The fourth-order valence-electron chi connectivity index (χ4n) is 9.84. The van der Waals surface area contributed by atoms with Gasteiger partial charge in [0.1, 0.15) is 17.8 Å². The lowest BCUT2D eigenvalue weighted by Crippen LogP contribution is -2.61. The molecule has 1 heterocycles. The van der Waals surface area contributed by atoms with Crippen LogP contribution in [0.25, 0.3) is 11.0 Å². The number of rotatable bonds is 6. The second-order valence-corrected chi connectivity index (χ2v) is 13.3. The minimum atomic E-state index is -4.62. The van der Waals surface area contributed by atoms with Crippen LogP contribution in [0.5, 0.6) is 5.75 Å². The van der Waals surface area contributed by atoms with Crippen molar-refractivity contribution in [2.45, 2.75) is 83.0 Å². The van der Waals surface area contributed by atoms with Gasteiger partial charge in [0.2, 0.25) is 0 Å². The van der Waals surface area contributed by atoms with Gasteiger partial charge in [0, 0.05) is 19.1 Å². The fourth-order valence-corrected chi connectivity index (χ4v) is 9.84. The topological polar surface area (TPSA) is 86.5 Å². The van der Waals surface area contributed by atoms with E-state index in [-0.39, 0.29) is 53.8 Å². The van der Waals surface area contributed by atoms with Crippen molar-refractivity contribution in [3.8, 4) is 5.75 Å². The highest BCUT2D eigenvalue weighted by atomic mass is 19.4. The highest BCUT2D eigenvalue weighted by Crippen LogP contribution is 2.69. The Morgan fingerprint density at radius 2 is 1.90 bits per heavy atom. The monoisotopic (exact) mass is 563 g/mol. The third-order valence-electron chi connectivity index (χ3n) is 11.8. The van der Waals surface area contributed by atoms with E-state index in [0.29, 0.717) is 42.6 Å². The van der Waals surface area contributed by atoms with E-state index in [2.05, 4.69) is 17.2 Å². The van der Waals surface area contributed by atoms with Crippen LogP contribution in [0.2, 0.25) is 0 Å². The van der Waals surface area contributed by atoms with Crippen LogP contribution in [0.3, 0.4) is 0 Å². The largest absolute Gasteiger partial charge is 0.497 e. The number of nitrogens with zero attached hydrogens (tertiary/aromatic N) is 3. The second kappa shape index (κ2) is 9.68. The molecule has 10 heteroatoms. The summed E-state index contributed by atoms with van der Waals surface area (Å²) in [5.41, 5.74) is -1.60. The number of fused-ring (bicyclic) bond motifs is 6. The number of hydrogen-bond acceptors (Lipinski definition) is 6. The van der Waals surface area contributed by atoms with Crippen molar-refractivity contribution in [2.75, 3.05) is 20.8 Å². The number of aliphatic hydroxyl groups is 1. The lowest BCUT2D eigenvalue weighted by atomic mass is 9.43. The Kier molecular flexibility index (Phi) is 6.76. The van der Waals surface area contributed by atoms with Crippen molar-refractivity contribution in [2.24, 2.45) is 40.4 Å². The number of carbonyl (C=O) groups excluding carboxylic acids is 1. The van der Waals surface area contributed by atoms with Gasteiger partial charge in [0.05, 0.1) is 19.2 Å². The summed E-state index contributed by atoms with van der Waals surface area (Å²) < 4.78 is 54.1. The number of ether oxygens (including phenoxy) is 2. The van der Waals surface area contributed by atoms with Gasteiger partial charge in [-0.3, -0.25) is 4.79 Å². The van der Waals surface area contributed by atoms with E-state index in [1.807, 2.05) is 18.2 Å².